The average Bonchev–Trinajstić information content (AvgIpc) is 3.21. The lowest BCUT2D eigenvalue weighted by atomic mass is 9.81. The summed E-state index contributed by atoms with van der Waals surface area (Å²) in [5.41, 5.74) is 6.37. The van der Waals surface area contributed by atoms with Crippen LogP contribution in [-0.4, -0.2) is 36.2 Å². The number of nitrogens with zero attached hydrogens (tertiary/aromatic N) is 1. The first-order chi connectivity index (χ1) is 14.9. The molecule has 0 N–H and O–H groups in total. The molecule has 0 aromatic heterocycles. The summed E-state index contributed by atoms with van der Waals surface area (Å²) in [4.78, 5) is 2.20. The summed E-state index contributed by atoms with van der Waals surface area (Å²) in [6.07, 6.45) is 1.60. The Balaban J connectivity index is 1.84. The molecule has 0 fully saturated rings. The second-order valence-corrected chi connectivity index (χ2v) is 10.1. The Morgan fingerprint density at radius 3 is 2.45 bits per heavy atom. The quantitative estimate of drug-likeness (QED) is 0.502. The molecule has 0 spiro atoms. The third kappa shape index (κ3) is 3.12. The van der Waals surface area contributed by atoms with E-state index in [1.807, 2.05) is 12.1 Å². The Hall–Kier alpha value is -1.95. The van der Waals surface area contributed by atoms with Gasteiger partial charge in [-0.1, -0.05) is 47.8 Å². The van der Waals surface area contributed by atoms with E-state index < -0.39 is 9.83 Å². The van der Waals surface area contributed by atoms with E-state index in [0.717, 1.165) is 46.7 Å². The third-order valence-corrected chi connectivity index (χ3v) is 6.83. The van der Waals surface area contributed by atoms with Crippen molar-refractivity contribution in [1.82, 2.24) is 4.90 Å². The molecule has 164 valence electrons. The molecule has 0 bridgehead atoms. The first-order valence-electron chi connectivity index (χ1n) is 10.1. The van der Waals surface area contributed by atoms with Crippen LogP contribution in [0.25, 0.3) is 11.3 Å². The van der Waals surface area contributed by atoms with E-state index in [1.54, 1.807) is 14.2 Å². The number of alkyl halides is 3. The highest BCUT2D eigenvalue weighted by molar-refractivity contribution is 6.68. The van der Waals surface area contributed by atoms with E-state index in [4.69, 9.17) is 53.8 Å². The number of fused-ring (bicyclic) bond motifs is 5. The van der Waals surface area contributed by atoms with Gasteiger partial charge in [0, 0.05) is 23.4 Å². The molecule has 1 atom stereocenters. The maximum Gasteiger partial charge on any atom is 0.231 e. The number of hydrogen-bond acceptors (Lipinski definition) is 5. The van der Waals surface area contributed by atoms with Crippen LogP contribution in [0.3, 0.4) is 0 Å². The van der Waals surface area contributed by atoms with Gasteiger partial charge in [-0.2, -0.15) is 0 Å². The van der Waals surface area contributed by atoms with Crippen molar-refractivity contribution in [3.63, 3.8) is 0 Å². The molecule has 0 amide bonds. The Kier molecular flexibility index (Phi) is 5.11. The average molecular weight is 483 g/mol. The van der Waals surface area contributed by atoms with Gasteiger partial charge in [0.15, 0.2) is 23.0 Å². The van der Waals surface area contributed by atoms with Gasteiger partial charge in [0.25, 0.3) is 0 Å². The molecule has 0 saturated heterocycles. The highest BCUT2D eigenvalue weighted by Crippen LogP contribution is 2.58. The standard InChI is InChI=1S/C23H22Cl3NO4/c1-4-13-14-5-6-16(28-2)21(29-3)19(14)22(23(24,25)26)27-8-7-12-9-17-18(31-11-30-17)10-15(12)20(13)27/h5-6,9-10,22H,4,7-8,11H2,1-3H3. The molecule has 3 aliphatic rings. The normalized spacial score (nSPS) is 19.0. The van der Waals surface area contributed by atoms with Crippen LogP contribution < -0.4 is 18.9 Å². The molecular formula is C23H22Cl3NO4. The van der Waals surface area contributed by atoms with Crippen LogP contribution in [0.1, 0.15) is 41.6 Å². The molecule has 0 radical (unpaired) electrons. The van der Waals surface area contributed by atoms with Gasteiger partial charge < -0.3 is 23.8 Å². The number of methoxy groups -OCH3 is 2. The van der Waals surface area contributed by atoms with Crippen molar-refractivity contribution in [2.24, 2.45) is 0 Å². The second kappa shape index (κ2) is 7.58. The van der Waals surface area contributed by atoms with Crippen LogP contribution in [-0.2, 0) is 6.42 Å². The molecule has 0 aliphatic carbocycles. The molecule has 1 unspecified atom stereocenters. The van der Waals surface area contributed by atoms with Crippen LogP contribution >= 0.6 is 34.8 Å². The van der Waals surface area contributed by atoms with E-state index in [0.29, 0.717) is 18.0 Å². The van der Waals surface area contributed by atoms with E-state index in [2.05, 4.69) is 24.0 Å². The Bertz CT molecular complexity index is 1090. The first-order valence-corrected chi connectivity index (χ1v) is 11.3. The minimum atomic E-state index is -1.59. The van der Waals surface area contributed by atoms with Gasteiger partial charge in [0.2, 0.25) is 10.6 Å². The van der Waals surface area contributed by atoms with Crippen LogP contribution in [0.15, 0.2) is 24.3 Å². The summed E-state index contributed by atoms with van der Waals surface area (Å²) in [6, 6.07) is 7.52. The molecule has 5 nitrogen and oxygen atoms in total. The lowest BCUT2D eigenvalue weighted by Crippen LogP contribution is -2.42. The molecule has 31 heavy (non-hydrogen) atoms. The zero-order valence-electron chi connectivity index (χ0n) is 17.4. The topological polar surface area (TPSA) is 40.2 Å². The Morgan fingerprint density at radius 2 is 1.81 bits per heavy atom. The number of halogens is 3. The van der Waals surface area contributed by atoms with Crippen molar-refractivity contribution in [1.29, 1.82) is 0 Å². The van der Waals surface area contributed by atoms with Crippen LogP contribution in [0.2, 0.25) is 0 Å². The molecule has 0 saturated carbocycles. The van der Waals surface area contributed by atoms with Gasteiger partial charge in [0.1, 0.15) is 6.04 Å². The SMILES string of the molecule is CCC1=C2c3cc4c(cc3CCN2C(C(Cl)(Cl)Cl)c2c1ccc(OC)c2OC)OCO4. The fourth-order valence-corrected chi connectivity index (χ4v) is 5.66. The minimum absolute atomic E-state index is 0.234. The van der Waals surface area contributed by atoms with Gasteiger partial charge in [-0.25, -0.2) is 0 Å². The van der Waals surface area contributed by atoms with Crippen molar-refractivity contribution >= 4 is 46.1 Å². The number of ether oxygens (including phenoxy) is 4. The lowest BCUT2D eigenvalue weighted by molar-refractivity contribution is 0.174. The summed E-state index contributed by atoms with van der Waals surface area (Å²) in [5.74, 6) is 2.73. The van der Waals surface area contributed by atoms with E-state index in [1.165, 1.54) is 11.1 Å². The zero-order chi connectivity index (χ0) is 21.9. The predicted octanol–water partition coefficient (Wildman–Crippen LogP) is 5.99. The summed E-state index contributed by atoms with van der Waals surface area (Å²) in [5, 5.41) is 0. The van der Waals surface area contributed by atoms with Crippen molar-refractivity contribution < 1.29 is 18.9 Å². The predicted molar refractivity (Wildman–Crippen MR) is 123 cm³/mol. The van der Waals surface area contributed by atoms with Crippen molar-refractivity contribution in [3.05, 3.63) is 46.5 Å². The summed E-state index contributed by atoms with van der Waals surface area (Å²) >= 11 is 19.9. The van der Waals surface area contributed by atoms with Gasteiger partial charge >= 0.3 is 0 Å². The smallest absolute Gasteiger partial charge is 0.231 e. The molecule has 3 heterocycles. The number of benzene rings is 2. The van der Waals surface area contributed by atoms with Crippen LogP contribution in [0.4, 0.5) is 0 Å². The monoisotopic (exact) mass is 481 g/mol. The largest absolute Gasteiger partial charge is 0.493 e. The summed E-state index contributed by atoms with van der Waals surface area (Å²) in [7, 11) is 3.23. The molecule has 5 rings (SSSR count). The molecule has 2 aromatic rings. The molecule has 8 heteroatoms. The van der Waals surface area contributed by atoms with E-state index >= 15 is 0 Å². The van der Waals surface area contributed by atoms with Crippen molar-refractivity contribution in [3.8, 4) is 23.0 Å². The third-order valence-electron chi connectivity index (χ3n) is 6.21. The molecule has 3 aliphatic heterocycles. The first kappa shape index (κ1) is 20.9. The van der Waals surface area contributed by atoms with Crippen LogP contribution in [0.5, 0.6) is 23.0 Å². The zero-order valence-corrected chi connectivity index (χ0v) is 19.7. The maximum absolute atomic E-state index is 6.62. The summed E-state index contributed by atoms with van der Waals surface area (Å²) < 4.78 is 21.0. The number of allylic oxidation sites excluding steroid dienone is 1. The lowest BCUT2D eigenvalue weighted by Gasteiger charge is -2.47. The summed E-state index contributed by atoms with van der Waals surface area (Å²) in [6.45, 7) is 3.07. The number of hydrogen-bond donors (Lipinski definition) is 0. The van der Waals surface area contributed by atoms with Crippen molar-refractivity contribution in [2.45, 2.75) is 29.6 Å². The maximum atomic E-state index is 6.62. The van der Waals surface area contributed by atoms with Gasteiger partial charge in [-0.3, -0.25) is 0 Å². The van der Waals surface area contributed by atoms with E-state index in [9.17, 15) is 0 Å². The molecular weight excluding hydrogens is 461 g/mol. The highest BCUT2D eigenvalue weighted by atomic mass is 35.6. The van der Waals surface area contributed by atoms with Crippen molar-refractivity contribution in [2.75, 3.05) is 27.6 Å². The molecule has 2 aromatic carbocycles. The minimum Gasteiger partial charge on any atom is -0.493 e. The Morgan fingerprint density at radius 1 is 1.06 bits per heavy atom. The highest BCUT2D eigenvalue weighted by Gasteiger charge is 2.48. The second-order valence-electron chi connectivity index (χ2n) is 7.69. The fourth-order valence-electron chi connectivity index (χ4n) is 4.98. The van der Waals surface area contributed by atoms with Gasteiger partial charge in [-0.15, -0.1) is 0 Å². The number of rotatable bonds is 3. The van der Waals surface area contributed by atoms with Crippen LogP contribution in [0, 0.1) is 0 Å². The van der Waals surface area contributed by atoms with Gasteiger partial charge in [0.05, 0.1) is 14.2 Å². The fraction of sp³-hybridized carbons (Fsp3) is 0.391. The van der Waals surface area contributed by atoms with Gasteiger partial charge in [-0.05, 0) is 47.7 Å². The van der Waals surface area contributed by atoms with E-state index in [-0.39, 0.29) is 6.79 Å². The Labute approximate surface area is 196 Å².